The topological polar surface area (TPSA) is 69.0 Å². The van der Waals surface area contributed by atoms with Crippen LogP contribution in [0.15, 0.2) is 94.7 Å². The van der Waals surface area contributed by atoms with Gasteiger partial charge in [-0.1, -0.05) is 42.5 Å². The lowest BCUT2D eigenvalue weighted by Gasteiger charge is -2.12. The van der Waals surface area contributed by atoms with E-state index < -0.39 is 15.7 Å². The van der Waals surface area contributed by atoms with E-state index in [-0.39, 0.29) is 10.5 Å². The Balaban J connectivity index is 1.73. The molecular formula is C25H17FN2O3S2. The van der Waals surface area contributed by atoms with Crippen LogP contribution in [0.1, 0.15) is 0 Å². The van der Waals surface area contributed by atoms with Crippen molar-refractivity contribution >= 4 is 31.3 Å². The Morgan fingerprint density at radius 3 is 2.24 bits per heavy atom. The molecule has 0 radical (unpaired) electrons. The molecule has 0 aliphatic heterocycles. The highest BCUT2D eigenvalue weighted by molar-refractivity contribution is 7.90. The fourth-order valence-corrected chi connectivity index (χ4v) is 5.33. The number of aromatic nitrogens is 2. The molecule has 0 atom stereocenters. The molecule has 164 valence electrons. The van der Waals surface area contributed by atoms with Crippen molar-refractivity contribution in [2.45, 2.75) is 4.90 Å². The molecular weight excluding hydrogens is 459 g/mol. The zero-order chi connectivity index (χ0) is 23.2. The molecule has 5 rings (SSSR count). The molecule has 5 nitrogen and oxygen atoms in total. The van der Waals surface area contributed by atoms with Gasteiger partial charge in [0.25, 0.3) is 5.56 Å². The quantitative estimate of drug-likeness (QED) is 0.352. The van der Waals surface area contributed by atoms with Crippen LogP contribution in [0.25, 0.3) is 37.3 Å². The number of nitrogens with zero attached hydrogens (tertiary/aromatic N) is 2. The predicted octanol–water partition coefficient (Wildman–Crippen LogP) is 5.32. The molecule has 0 saturated heterocycles. The van der Waals surface area contributed by atoms with E-state index in [2.05, 4.69) is 5.10 Å². The van der Waals surface area contributed by atoms with Crippen molar-refractivity contribution < 1.29 is 12.8 Å². The molecule has 0 fully saturated rings. The summed E-state index contributed by atoms with van der Waals surface area (Å²) in [6.07, 6.45) is 2.72. The number of rotatable bonds is 4. The van der Waals surface area contributed by atoms with E-state index in [4.69, 9.17) is 0 Å². The first kappa shape index (κ1) is 21.2. The summed E-state index contributed by atoms with van der Waals surface area (Å²) < 4.78 is 39.6. The molecule has 0 saturated carbocycles. The molecule has 2 aromatic heterocycles. The lowest BCUT2D eigenvalue weighted by atomic mass is 9.97. The van der Waals surface area contributed by atoms with E-state index in [0.29, 0.717) is 27.3 Å². The van der Waals surface area contributed by atoms with Crippen molar-refractivity contribution in [3.05, 3.63) is 101 Å². The molecule has 8 heteroatoms. The minimum atomic E-state index is -3.35. The summed E-state index contributed by atoms with van der Waals surface area (Å²) in [7, 11) is -3.35. The van der Waals surface area contributed by atoms with E-state index in [9.17, 15) is 17.6 Å². The maximum absolute atomic E-state index is 13.7. The van der Waals surface area contributed by atoms with Crippen LogP contribution in [0.4, 0.5) is 4.39 Å². The first-order valence-electron chi connectivity index (χ1n) is 9.99. The van der Waals surface area contributed by atoms with Crippen LogP contribution in [0.3, 0.4) is 0 Å². The van der Waals surface area contributed by atoms with Crippen LogP contribution in [-0.2, 0) is 9.84 Å². The molecule has 0 aliphatic rings. The van der Waals surface area contributed by atoms with Crippen LogP contribution < -0.4 is 5.56 Å². The summed E-state index contributed by atoms with van der Waals surface area (Å²) in [6, 6.07) is 21.7. The first-order chi connectivity index (χ1) is 15.8. The minimum absolute atomic E-state index is 0.182. The molecule has 0 bridgehead atoms. The third-order valence-corrected chi connectivity index (χ3v) is 7.55. The van der Waals surface area contributed by atoms with E-state index in [0.717, 1.165) is 16.3 Å². The number of hydrogen-bond donors (Lipinski definition) is 0. The Morgan fingerprint density at radius 2 is 1.58 bits per heavy atom. The summed E-state index contributed by atoms with van der Waals surface area (Å²) >= 11 is 1.45. The van der Waals surface area contributed by atoms with Gasteiger partial charge in [0.15, 0.2) is 9.84 Å². The second-order valence-electron chi connectivity index (χ2n) is 7.58. The van der Waals surface area contributed by atoms with Crippen molar-refractivity contribution in [1.29, 1.82) is 0 Å². The number of benzene rings is 3. The van der Waals surface area contributed by atoms with Gasteiger partial charge in [-0.2, -0.15) is 9.78 Å². The number of halogens is 1. The largest absolute Gasteiger partial charge is 0.280 e. The summed E-state index contributed by atoms with van der Waals surface area (Å²) in [5, 5.41) is 6.10. The van der Waals surface area contributed by atoms with Crippen LogP contribution >= 0.6 is 11.3 Å². The Morgan fingerprint density at radius 1 is 0.909 bits per heavy atom. The molecule has 0 spiro atoms. The molecule has 0 amide bonds. The van der Waals surface area contributed by atoms with Crippen LogP contribution in [0.5, 0.6) is 0 Å². The van der Waals surface area contributed by atoms with Gasteiger partial charge < -0.3 is 0 Å². The Labute approximate surface area is 193 Å². The monoisotopic (exact) mass is 476 g/mol. The van der Waals surface area contributed by atoms with Crippen molar-refractivity contribution in [2.75, 3.05) is 6.26 Å². The normalized spacial score (nSPS) is 11.7. The van der Waals surface area contributed by atoms with E-state index in [1.165, 1.54) is 40.3 Å². The highest BCUT2D eigenvalue weighted by atomic mass is 32.2. The fourth-order valence-electron chi connectivity index (χ4n) is 3.68. The first-order valence-corrected chi connectivity index (χ1v) is 12.7. The highest BCUT2D eigenvalue weighted by Crippen LogP contribution is 2.32. The molecule has 3 aromatic carbocycles. The Hall–Kier alpha value is -3.62. The smallest absolute Gasteiger partial charge is 0.267 e. The average molecular weight is 477 g/mol. The Kier molecular flexibility index (Phi) is 5.19. The number of sulfone groups is 1. The summed E-state index contributed by atoms with van der Waals surface area (Å²) in [5.74, 6) is -0.406. The van der Waals surface area contributed by atoms with Crippen LogP contribution in [0, 0.1) is 5.82 Å². The van der Waals surface area contributed by atoms with Crippen LogP contribution in [-0.4, -0.2) is 24.5 Å². The van der Waals surface area contributed by atoms with Gasteiger partial charge in [0, 0.05) is 16.5 Å². The van der Waals surface area contributed by atoms with Gasteiger partial charge in [0.1, 0.15) is 10.8 Å². The Bertz CT molecular complexity index is 1620. The second kappa shape index (κ2) is 8.06. The van der Waals surface area contributed by atoms with Gasteiger partial charge >= 0.3 is 0 Å². The standard InChI is InChI=1S/C25H17FN2O3S2/c1-33(30,31)20-12-8-16(9-13-20)21-15-27-28(23-14-18-4-2-3-5-22(18)32-23)25(29)24(21)17-6-10-19(26)11-7-17/h2-15H,1H3. The number of thiophene rings is 1. The van der Waals surface area contributed by atoms with E-state index in [1.807, 2.05) is 30.3 Å². The highest BCUT2D eigenvalue weighted by Gasteiger charge is 2.18. The van der Waals surface area contributed by atoms with Crippen molar-refractivity contribution in [2.24, 2.45) is 0 Å². The lowest BCUT2D eigenvalue weighted by molar-refractivity contribution is 0.602. The zero-order valence-electron chi connectivity index (χ0n) is 17.4. The van der Waals surface area contributed by atoms with Crippen molar-refractivity contribution in [3.8, 4) is 27.3 Å². The molecule has 5 aromatic rings. The van der Waals surface area contributed by atoms with Gasteiger partial charge in [-0.15, -0.1) is 11.3 Å². The summed E-state index contributed by atoms with van der Waals surface area (Å²) in [4.78, 5) is 13.9. The number of hydrogen-bond acceptors (Lipinski definition) is 5. The molecule has 2 heterocycles. The maximum Gasteiger partial charge on any atom is 0.280 e. The summed E-state index contributed by atoms with van der Waals surface area (Å²) in [5.41, 5.74) is 1.71. The average Bonchev–Trinajstić information content (AvgIpc) is 3.23. The molecule has 33 heavy (non-hydrogen) atoms. The predicted molar refractivity (Wildman–Crippen MR) is 129 cm³/mol. The van der Waals surface area contributed by atoms with Gasteiger partial charge in [-0.3, -0.25) is 4.79 Å². The van der Waals surface area contributed by atoms with Crippen molar-refractivity contribution in [3.63, 3.8) is 0 Å². The number of fused-ring (bicyclic) bond motifs is 1. The van der Waals surface area contributed by atoms with Gasteiger partial charge in [0.2, 0.25) is 0 Å². The SMILES string of the molecule is CS(=O)(=O)c1ccc(-c2cnn(-c3cc4ccccc4s3)c(=O)c2-c2ccc(F)cc2)cc1. The van der Waals surface area contributed by atoms with Gasteiger partial charge in [0.05, 0.1) is 16.7 Å². The van der Waals surface area contributed by atoms with E-state index in [1.54, 1.807) is 30.5 Å². The second-order valence-corrected chi connectivity index (χ2v) is 10.7. The van der Waals surface area contributed by atoms with Crippen molar-refractivity contribution in [1.82, 2.24) is 9.78 Å². The zero-order valence-corrected chi connectivity index (χ0v) is 19.0. The third-order valence-electron chi connectivity index (χ3n) is 5.33. The van der Waals surface area contributed by atoms with Crippen LogP contribution in [0.2, 0.25) is 0 Å². The van der Waals surface area contributed by atoms with E-state index >= 15 is 0 Å². The van der Waals surface area contributed by atoms with Gasteiger partial charge in [-0.25, -0.2) is 12.8 Å². The van der Waals surface area contributed by atoms with Gasteiger partial charge in [-0.05, 0) is 52.9 Å². The minimum Gasteiger partial charge on any atom is -0.267 e. The summed E-state index contributed by atoms with van der Waals surface area (Å²) in [6.45, 7) is 0. The fraction of sp³-hybridized carbons (Fsp3) is 0.0400. The molecule has 0 N–H and O–H groups in total. The third kappa shape index (κ3) is 3.99. The maximum atomic E-state index is 13.7. The molecule has 0 unspecified atom stereocenters. The molecule has 0 aliphatic carbocycles. The lowest BCUT2D eigenvalue weighted by Crippen LogP contribution is -2.22.